The molecule has 0 spiro atoms. The maximum atomic E-state index is 6.44. The largest absolute Gasteiger partial charge is 0.456 e. The highest BCUT2D eigenvalue weighted by atomic mass is 16.3. The summed E-state index contributed by atoms with van der Waals surface area (Å²) in [7, 11) is 0. The van der Waals surface area contributed by atoms with Crippen LogP contribution in [0.2, 0.25) is 0 Å². The Kier molecular flexibility index (Phi) is 5.37. The number of benzene rings is 8. The fourth-order valence-corrected chi connectivity index (χ4v) is 8.17. The summed E-state index contributed by atoms with van der Waals surface area (Å²) in [6.07, 6.45) is 0. The van der Waals surface area contributed by atoms with Crippen molar-refractivity contribution in [1.82, 2.24) is 0 Å². The Morgan fingerprint density at radius 2 is 1.09 bits per heavy atom. The van der Waals surface area contributed by atoms with Gasteiger partial charge < -0.3 is 9.32 Å². The molecule has 10 rings (SSSR count). The molecule has 2 heteroatoms. The van der Waals surface area contributed by atoms with Crippen molar-refractivity contribution in [2.45, 2.75) is 19.3 Å². The maximum Gasteiger partial charge on any atom is 0.137 e. The van der Waals surface area contributed by atoms with Gasteiger partial charge in [0.05, 0.1) is 5.69 Å². The summed E-state index contributed by atoms with van der Waals surface area (Å²) in [6.45, 7) is 4.68. The van der Waals surface area contributed by atoms with Crippen LogP contribution in [0.4, 0.5) is 17.1 Å². The molecule has 1 aliphatic carbocycles. The lowest BCUT2D eigenvalue weighted by Crippen LogP contribution is -2.15. The van der Waals surface area contributed by atoms with Gasteiger partial charge in [0.25, 0.3) is 0 Å². The van der Waals surface area contributed by atoms with Crippen molar-refractivity contribution in [1.29, 1.82) is 0 Å². The van der Waals surface area contributed by atoms with E-state index in [1.165, 1.54) is 54.6 Å². The molecule has 47 heavy (non-hydrogen) atoms. The molecule has 222 valence electrons. The van der Waals surface area contributed by atoms with Gasteiger partial charge in [-0.2, -0.15) is 0 Å². The molecule has 0 aliphatic heterocycles. The summed E-state index contributed by atoms with van der Waals surface area (Å²) < 4.78 is 6.44. The summed E-state index contributed by atoms with van der Waals surface area (Å²) in [5.41, 5.74) is 10.4. The van der Waals surface area contributed by atoms with Gasteiger partial charge in [-0.05, 0) is 85.6 Å². The lowest BCUT2D eigenvalue weighted by atomic mass is 9.82. The molecular formula is C45H31NO. The van der Waals surface area contributed by atoms with E-state index in [0.29, 0.717) is 0 Å². The zero-order chi connectivity index (χ0) is 31.3. The van der Waals surface area contributed by atoms with Crippen LogP contribution in [0, 0.1) is 0 Å². The van der Waals surface area contributed by atoms with Crippen LogP contribution < -0.4 is 4.90 Å². The number of rotatable bonds is 3. The SMILES string of the molecule is CC1(C)c2ccccc2-c2cc(N(c3ccc4c(c3)oc3ccccc34)c3cc4ccc5ccccc5c4c4ccccc34)ccc21. The van der Waals surface area contributed by atoms with E-state index in [-0.39, 0.29) is 5.41 Å². The molecule has 1 aromatic heterocycles. The Hall–Kier alpha value is -5.86. The fraction of sp³-hybridized carbons (Fsp3) is 0.0667. The molecule has 0 bridgehead atoms. The van der Waals surface area contributed by atoms with Crippen molar-refractivity contribution in [3.05, 3.63) is 163 Å². The molecule has 0 fully saturated rings. The fourth-order valence-electron chi connectivity index (χ4n) is 8.17. The van der Waals surface area contributed by atoms with Crippen LogP contribution in [0.15, 0.2) is 156 Å². The number of nitrogens with zero attached hydrogens (tertiary/aromatic N) is 1. The molecule has 1 heterocycles. The summed E-state index contributed by atoms with van der Waals surface area (Å²) in [6, 6.07) is 55.3. The third kappa shape index (κ3) is 3.73. The molecule has 0 saturated carbocycles. The molecule has 8 aromatic carbocycles. The molecule has 0 atom stereocenters. The molecule has 2 nitrogen and oxygen atoms in total. The van der Waals surface area contributed by atoms with Crippen molar-refractivity contribution in [2.75, 3.05) is 4.90 Å². The standard InChI is InChI=1S/C45H31NO/c1-45(2)39-17-9-7-13-33(39)38-26-30(22-24-40(38)45)46(31-21-23-36-35-15-8-10-18-42(35)47-43(36)27-31)41-25-29-20-19-28-11-3-4-12-32(28)44(29)37-16-6-5-14-34(37)41/h3-27H,1-2H3. The van der Waals surface area contributed by atoms with Gasteiger partial charge in [0.1, 0.15) is 11.2 Å². The van der Waals surface area contributed by atoms with E-state index >= 15 is 0 Å². The average molecular weight is 602 g/mol. The van der Waals surface area contributed by atoms with Crippen LogP contribution in [-0.4, -0.2) is 0 Å². The minimum Gasteiger partial charge on any atom is -0.456 e. The van der Waals surface area contributed by atoms with Gasteiger partial charge in [-0.25, -0.2) is 0 Å². The molecule has 0 N–H and O–H groups in total. The first-order valence-electron chi connectivity index (χ1n) is 16.4. The van der Waals surface area contributed by atoms with Gasteiger partial charge in [-0.1, -0.05) is 123 Å². The molecule has 0 unspecified atom stereocenters. The highest BCUT2D eigenvalue weighted by Crippen LogP contribution is 2.51. The molecule has 0 saturated heterocycles. The number of fused-ring (bicyclic) bond motifs is 11. The second-order valence-electron chi connectivity index (χ2n) is 13.3. The van der Waals surface area contributed by atoms with Crippen molar-refractivity contribution >= 4 is 71.3 Å². The van der Waals surface area contributed by atoms with Crippen molar-refractivity contribution in [3.8, 4) is 11.1 Å². The predicted molar refractivity (Wildman–Crippen MR) is 198 cm³/mol. The first-order valence-corrected chi connectivity index (χ1v) is 16.4. The summed E-state index contributed by atoms with van der Waals surface area (Å²) in [4.78, 5) is 2.43. The topological polar surface area (TPSA) is 16.4 Å². The number of hydrogen-bond acceptors (Lipinski definition) is 2. The number of furan rings is 1. The van der Waals surface area contributed by atoms with Gasteiger partial charge in [0, 0.05) is 39.0 Å². The summed E-state index contributed by atoms with van der Waals surface area (Å²) in [5, 5.41) is 9.77. The predicted octanol–water partition coefficient (Wildman–Crippen LogP) is 12.8. The normalized spacial score (nSPS) is 13.5. The Morgan fingerprint density at radius 1 is 0.447 bits per heavy atom. The van der Waals surface area contributed by atoms with Gasteiger partial charge in [0.15, 0.2) is 0 Å². The Morgan fingerprint density at radius 3 is 1.98 bits per heavy atom. The van der Waals surface area contributed by atoms with Crippen LogP contribution >= 0.6 is 0 Å². The lowest BCUT2D eigenvalue weighted by Gasteiger charge is -2.29. The van der Waals surface area contributed by atoms with Gasteiger partial charge in [-0.15, -0.1) is 0 Å². The minimum absolute atomic E-state index is 0.0564. The smallest absolute Gasteiger partial charge is 0.137 e. The second kappa shape index (κ2) is 9.57. The van der Waals surface area contributed by atoms with E-state index in [0.717, 1.165) is 39.0 Å². The third-order valence-corrected chi connectivity index (χ3v) is 10.4. The Bertz CT molecular complexity index is 2730. The van der Waals surface area contributed by atoms with E-state index in [4.69, 9.17) is 4.42 Å². The van der Waals surface area contributed by atoms with E-state index in [2.05, 4.69) is 158 Å². The van der Waals surface area contributed by atoms with Gasteiger partial charge in [0.2, 0.25) is 0 Å². The van der Waals surface area contributed by atoms with E-state index in [9.17, 15) is 0 Å². The van der Waals surface area contributed by atoms with Crippen LogP contribution in [0.25, 0.3) is 65.4 Å². The van der Waals surface area contributed by atoms with Crippen LogP contribution in [0.5, 0.6) is 0 Å². The minimum atomic E-state index is -0.0564. The highest BCUT2D eigenvalue weighted by molar-refractivity contribution is 6.23. The second-order valence-corrected chi connectivity index (χ2v) is 13.3. The summed E-state index contributed by atoms with van der Waals surface area (Å²) >= 11 is 0. The maximum absolute atomic E-state index is 6.44. The number of anilines is 3. The van der Waals surface area contributed by atoms with E-state index < -0.39 is 0 Å². The Labute approximate surface area is 273 Å². The van der Waals surface area contributed by atoms with Crippen molar-refractivity contribution in [2.24, 2.45) is 0 Å². The molecule has 9 aromatic rings. The van der Waals surface area contributed by atoms with E-state index in [1.54, 1.807) is 0 Å². The van der Waals surface area contributed by atoms with Gasteiger partial charge >= 0.3 is 0 Å². The zero-order valence-corrected chi connectivity index (χ0v) is 26.3. The number of para-hydroxylation sites is 1. The van der Waals surface area contributed by atoms with Crippen molar-refractivity contribution in [3.63, 3.8) is 0 Å². The Balaban J connectivity index is 1.29. The van der Waals surface area contributed by atoms with Crippen LogP contribution in [-0.2, 0) is 5.41 Å². The lowest BCUT2D eigenvalue weighted by molar-refractivity contribution is 0.660. The zero-order valence-electron chi connectivity index (χ0n) is 26.3. The molecule has 1 aliphatic rings. The third-order valence-electron chi connectivity index (χ3n) is 10.4. The first kappa shape index (κ1) is 26.4. The summed E-state index contributed by atoms with van der Waals surface area (Å²) in [5.74, 6) is 0. The quantitative estimate of drug-likeness (QED) is 0.187. The van der Waals surface area contributed by atoms with Crippen LogP contribution in [0.3, 0.4) is 0 Å². The van der Waals surface area contributed by atoms with E-state index in [1.807, 2.05) is 12.1 Å². The molecular weight excluding hydrogens is 571 g/mol. The highest BCUT2D eigenvalue weighted by Gasteiger charge is 2.35. The van der Waals surface area contributed by atoms with Crippen molar-refractivity contribution < 1.29 is 4.42 Å². The van der Waals surface area contributed by atoms with Crippen LogP contribution in [0.1, 0.15) is 25.0 Å². The molecule has 0 radical (unpaired) electrons. The average Bonchev–Trinajstić information content (AvgIpc) is 3.59. The monoisotopic (exact) mass is 601 g/mol. The first-order chi connectivity index (χ1) is 23.1. The number of hydrogen-bond donors (Lipinski definition) is 0. The molecule has 0 amide bonds. The van der Waals surface area contributed by atoms with Gasteiger partial charge in [-0.3, -0.25) is 0 Å².